The monoisotopic (exact) mass is 290 g/mol. The quantitative estimate of drug-likeness (QED) is 0.857. The van der Waals surface area contributed by atoms with E-state index in [1.54, 1.807) is 6.92 Å². The molecule has 1 aromatic heterocycles. The van der Waals surface area contributed by atoms with Gasteiger partial charge in [0.1, 0.15) is 11.0 Å². The van der Waals surface area contributed by atoms with Crippen LogP contribution in [0.5, 0.6) is 0 Å². The molecule has 0 aliphatic heterocycles. The molecule has 0 saturated carbocycles. The molecule has 0 atom stereocenters. The highest BCUT2D eigenvalue weighted by Gasteiger charge is 2.16. The number of ether oxygens (including phenoxy) is 1. The van der Waals surface area contributed by atoms with Crippen molar-refractivity contribution in [2.75, 3.05) is 6.61 Å². The molecule has 90 valence electrons. The summed E-state index contributed by atoms with van der Waals surface area (Å²) in [5, 5.41) is 2.89. The lowest BCUT2D eigenvalue weighted by atomic mass is 10.1. The number of nitrogens with one attached hydrogen (secondary N) is 1. The summed E-state index contributed by atoms with van der Waals surface area (Å²) in [4.78, 5) is 22.9. The third-order valence-corrected chi connectivity index (χ3v) is 2.86. The highest BCUT2D eigenvalue weighted by Crippen LogP contribution is 2.18. The average molecular weight is 291 g/mol. The molecule has 0 aromatic carbocycles. The summed E-state index contributed by atoms with van der Waals surface area (Å²) in [5.41, 5.74) is 0.547. The van der Waals surface area contributed by atoms with Crippen molar-refractivity contribution in [2.24, 2.45) is 0 Å². The number of aromatic amines is 1. The van der Waals surface area contributed by atoms with Gasteiger partial charge < -0.3 is 4.74 Å². The zero-order valence-electron chi connectivity index (χ0n) is 9.54. The molecule has 1 heterocycles. The number of hydrogen-bond acceptors (Lipinski definition) is 3. The van der Waals surface area contributed by atoms with E-state index in [4.69, 9.17) is 4.74 Å². The first-order valence-electron chi connectivity index (χ1n) is 5.11. The molecule has 5 nitrogen and oxygen atoms in total. The number of carbonyl (C=O) groups excluding carboxylic acids is 1. The van der Waals surface area contributed by atoms with Gasteiger partial charge in [0.05, 0.1) is 12.3 Å². The summed E-state index contributed by atoms with van der Waals surface area (Å²) in [6.07, 6.45) is 0. The highest BCUT2D eigenvalue weighted by atomic mass is 79.9. The second-order valence-corrected chi connectivity index (χ2v) is 4.48. The molecule has 6 heteroatoms. The maximum Gasteiger partial charge on any atom is 0.327 e. The molecule has 1 rings (SSSR count). The second kappa shape index (κ2) is 5.34. The third-order valence-electron chi connectivity index (χ3n) is 2.09. The van der Waals surface area contributed by atoms with Gasteiger partial charge in [0.25, 0.3) is 5.56 Å². The number of hydrogen-bond donors (Lipinski definition) is 1. The van der Waals surface area contributed by atoms with Gasteiger partial charge in [-0.15, -0.1) is 0 Å². The summed E-state index contributed by atoms with van der Waals surface area (Å²) in [6, 6.07) is 0. The lowest BCUT2D eigenvalue weighted by Gasteiger charge is -2.03. The summed E-state index contributed by atoms with van der Waals surface area (Å²) in [6.45, 7) is 5.88. The van der Waals surface area contributed by atoms with Crippen molar-refractivity contribution in [3.05, 3.63) is 20.5 Å². The van der Waals surface area contributed by atoms with Crippen molar-refractivity contribution in [3.8, 4) is 0 Å². The Morgan fingerprint density at radius 2 is 2.19 bits per heavy atom. The van der Waals surface area contributed by atoms with Crippen LogP contribution >= 0.6 is 15.9 Å². The first-order valence-corrected chi connectivity index (χ1v) is 5.90. The number of aromatic nitrogens is 2. The van der Waals surface area contributed by atoms with Crippen LogP contribution in [-0.4, -0.2) is 22.4 Å². The Hall–Kier alpha value is -1.04. The fourth-order valence-electron chi connectivity index (χ4n) is 1.31. The zero-order valence-corrected chi connectivity index (χ0v) is 11.1. The Morgan fingerprint density at radius 1 is 1.56 bits per heavy atom. The molecule has 0 fully saturated rings. The van der Waals surface area contributed by atoms with Crippen LogP contribution in [0.1, 0.15) is 32.4 Å². The highest BCUT2D eigenvalue weighted by molar-refractivity contribution is 9.10. The summed E-state index contributed by atoms with van der Waals surface area (Å²) in [7, 11) is 0. The molecule has 1 N–H and O–H groups in total. The van der Waals surface area contributed by atoms with Gasteiger partial charge in [0.2, 0.25) is 0 Å². The van der Waals surface area contributed by atoms with Crippen LogP contribution < -0.4 is 5.56 Å². The number of carbonyl (C=O) groups is 1. The molecule has 0 spiro atoms. The Balaban J connectivity index is 2.94. The summed E-state index contributed by atoms with van der Waals surface area (Å²) >= 11 is 3.21. The average Bonchev–Trinajstić information content (AvgIpc) is 2.46. The van der Waals surface area contributed by atoms with Crippen LogP contribution in [0.25, 0.3) is 0 Å². The van der Waals surface area contributed by atoms with E-state index in [0.29, 0.717) is 11.1 Å². The van der Waals surface area contributed by atoms with Crippen LogP contribution in [0.4, 0.5) is 0 Å². The van der Waals surface area contributed by atoms with Gasteiger partial charge in [-0.1, -0.05) is 13.8 Å². The summed E-state index contributed by atoms with van der Waals surface area (Å²) < 4.78 is 6.50. The topological polar surface area (TPSA) is 64.1 Å². The zero-order chi connectivity index (χ0) is 12.3. The molecule has 0 bridgehead atoms. The molecule has 16 heavy (non-hydrogen) atoms. The molecular weight excluding hydrogens is 276 g/mol. The molecule has 0 aliphatic rings. The van der Waals surface area contributed by atoms with Crippen molar-refractivity contribution in [2.45, 2.75) is 33.2 Å². The number of nitrogens with zero attached hydrogens (tertiary/aromatic N) is 1. The van der Waals surface area contributed by atoms with E-state index < -0.39 is 5.97 Å². The number of H-pyrrole nitrogens is 1. The first kappa shape index (κ1) is 13.0. The van der Waals surface area contributed by atoms with Gasteiger partial charge in [-0.2, -0.15) is 0 Å². The van der Waals surface area contributed by atoms with E-state index >= 15 is 0 Å². The molecule has 0 amide bonds. The van der Waals surface area contributed by atoms with Gasteiger partial charge in [-0.05, 0) is 28.8 Å². The molecule has 1 aromatic rings. The van der Waals surface area contributed by atoms with Gasteiger partial charge >= 0.3 is 5.97 Å². The van der Waals surface area contributed by atoms with E-state index in [9.17, 15) is 9.59 Å². The minimum absolute atomic E-state index is 0.0853. The smallest absolute Gasteiger partial charge is 0.327 e. The van der Waals surface area contributed by atoms with E-state index in [2.05, 4.69) is 21.0 Å². The van der Waals surface area contributed by atoms with Gasteiger partial charge in [-0.25, -0.2) is 4.68 Å². The maximum atomic E-state index is 11.7. The SMILES string of the molecule is CCOC(=O)Cn1[nH]c(C(C)C)c(Br)c1=O. The number of halogens is 1. The van der Waals surface area contributed by atoms with Crippen LogP contribution in [0.15, 0.2) is 9.27 Å². The Labute approximate surface area is 102 Å². The predicted molar refractivity (Wildman–Crippen MR) is 63.5 cm³/mol. The number of esters is 1. The largest absolute Gasteiger partial charge is 0.465 e. The van der Waals surface area contributed by atoms with Crippen LogP contribution in [0.2, 0.25) is 0 Å². The molecule has 0 aliphatic carbocycles. The molecule has 0 saturated heterocycles. The van der Waals surface area contributed by atoms with E-state index in [1.807, 2.05) is 13.8 Å². The van der Waals surface area contributed by atoms with E-state index in [0.717, 1.165) is 5.69 Å². The van der Waals surface area contributed by atoms with Crippen LogP contribution in [0, 0.1) is 0 Å². The van der Waals surface area contributed by atoms with Crippen molar-refractivity contribution in [1.82, 2.24) is 9.78 Å². The third kappa shape index (κ3) is 2.75. The fourth-order valence-corrected chi connectivity index (χ4v) is 2.07. The van der Waals surface area contributed by atoms with E-state index in [1.165, 1.54) is 4.68 Å². The maximum absolute atomic E-state index is 11.7. The standard InChI is InChI=1S/C10H15BrN2O3/c1-4-16-7(14)5-13-10(15)8(11)9(12-13)6(2)3/h6,12H,4-5H2,1-3H3. The van der Waals surface area contributed by atoms with Crippen LogP contribution in [-0.2, 0) is 16.1 Å². The molecular formula is C10H15BrN2O3. The predicted octanol–water partition coefficient (Wildman–Crippen LogP) is 1.63. The van der Waals surface area contributed by atoms with Crippen molar-refractivity contribution in [3.63, 3.8) is 0 Å². The lowest BCUT2D eigenvalue weighted by molar-refractivity contribution is -0.144. The minimum Gasteiger partial charge on any atom is -0.465 e. The lowest BCUT2D eigenvalue weighted by Crippen LogP contribution is -2.23. The van der Waals surface area contributed by atoms with Gasteiger partial charge in [0, 0.05) is 0 Å². The summed E-state index contributed by atoms with van der Waals surface area (Å²) in [5.74, 6) is -0.237. The van der Waals surface area contributed by atoms with Gasteiger partial charge in [-0.3, -0.25) is 14.7 Å². The normalized spacial score (nSPS) is 10.8. The minimum atomic E-state index is -0.423. The van der Waals surface area contributed by atoms with E-state index in [-0.39, 0.29) is 18.0 Å². The van der Waals surface area contributed by atoms with Crippen molar-refractivity contribution < 1.29 is 9.53 Å². The molecule has 0 radical (unpaired) electrons. The van der Waals surface area contributed by atoms with Crippen LogP contribution in [0.3, 0.4) is 0 Å². The first-order chi connectivity index (χ1) is 7.47. The molecule has 0 unspecified atom stereocenters. The second-order valence-electron chi connectivity index (χ2n) is 3.69. The Morgan fingerprint density at radius 3 is 2.62 bits per heavy atom. The van der Waals surface area contributed by atoms with Gasteiger partial charge in [0.15, 0.2) is 0 Å². The van der Waals surface area contributed by atoms with Crippen molar-refractivity contribution in [1.29, 1.82) is 0 Å². The Kier molecular flexibility index (Phi) is 4.35. The Bertz CT molecular complexity index is 434. The fraction of sp³-hybridized carbons (Fsp3) is 0.600. The van der Waals surface area contributed by atoms with Crippen molar-refractivity contribution >= 4 is 21.9 Å². The number of rotatable bonds is 4.